The second-order valence-corrected chi connectivity index (χ2v) is 5.55. The highest BCUT2D eigenvalue weighted by molar-refractivity contribution is 6.03. The zero-order chi connectivity index (χ0) is 18.2. The molecule has 0 aliphatic rings. The van der Waals surface area contributed by atoms with Crippen LogP contribution < -0.4 is 20.1 Å². The standard InChI is InChI=1S/C17H23N5O3/c1-22(2)10-9-18-16-8-7-14(20-21-16)17(23)19-13-6-5-12(24-3)11-15(13)25-4/h5-8,11H,9-10H2,1-4H3,(H,18,21)(H,19,23). The van der Waals surface area contributed by atoms with Gasteiger partial charge in [0.15, 0.2) is 5.69 Å². The van der Waals surface area contributed by atoms with Crippen LogP contribution in [-0.2, 0) is 0 Å². The molecule has 0 spiro atoms. The SMILES string of the molecule is COc1ccc(NC(=O)c2ccc(NCCN(C)C)nn2)c(OC)c1. The van der Waals surface area contributed by atoms with Crippen molar-refractivity contribution in [2.45, 2.75) is 0 Å². The van der Waals surface area contributed by atoms with Crippen molar-refractivity contribution in [2.24, 2.45) is 0 Å². The Labute approximate surface area is 147 Å². The number of aromatic nitrogens is 2. The Balaban J connectivity index is 2.01. The van der Waals surface area contributed by atoms with Gasteiger partial charge in [-0.05, 0) is 38.4 Å². The predicted molar refractivity (Wildman–Crippen MR) is 96.6 cm³/mol. The number of ether oxygens (including phenoxy) is 2. The molecule has 0 radical (unpaired) electrons. The molecule has 1 aromatic heterocycles. The maximum absolute atomic E-state index is 12.3. The molecule has 134 valence electrons. The highest BCUT2D eigenvalue weighted by atomic mass is 16.5. The molecule has 2 N–H and O–H groups in total. The van der Waals surface area contributed by atoms with E-state index < -0.39 is 0 Å². The fraction of sp³-hybridized carbons (Fsp3) is 0.353. The summed E-state index contributed by atoms with van der Waals surface area (Å²) < 4.78 is 10.4. The Morgan fingerprint density at radius 3 is 2.52 bits per heavy atom. The Morgan fingerprint density at radius 2 is 1.92 bits per heavy atom. The summed E-state index contributed by atoms with van der Waals surface area (Å²) in [6.07, 6.45) is 0. The first-order chi connectivity index (χ1) is 12.0. The van der Waals surface area contributed by atoms with Gasteiger partial charge in [-0.25, -0.2) is 0 Å². The lowest BCUT2D eigenvalue weighted by Crippen LogP contribution is -2.21. The lowest BCUT2D eigenvalue weighted by atomic mass is 10.2. The molecule has 1 heterocycles. The summed E-state index contributed by atoms with van der Waals surface area (Å²) in [6.45, 7) is 1.62. The molecular formula is C17H23N5O3. The van der Waals surface area contributed by atoms with Crippen molar-refractivity contribution < 1.29 is 14.3 Å². The van der Waals surface area contributed by atoms with Gasteiger partial charge in [0.25, 0.3) is 5.91 Å². The second-order valence-electron chi connectivity index (χ2n) is 5.55. The molecule has 25 heavy (non-hydrogen) atoms. The topological polar surface area (TPSA) is 88.6 Å². The summed E-state index contributed by atoms with van der Waals surface area (Å²) in [5.41, 5.74) is 0.749. The number of carbonyl (C=O) groups is 1. The van der Waals surface area contributed by atoms with Crippen LogP contribution in [-0.4, -0.2) is 62.4 Å². The molecule has 0 saturated carbocycles. The van der Waals surface area contributed by atoms with Crippen LogP contribution in [0.3, 0.4) is 0 Å². The van der Waals surface area contributed by atoms with Gasteiger partial charge in [-0.15, -0.1) is 10.2 Å². The van der Waals surface area contributed by atoms with Crippen molar-refractivity contribution in [3.05, 3.63) is 36.0 Å². The van der Waals surface area contributed by atoms with Crippen molar-refractivity contribution in [3.8, 4) is 11.5 Å². The predicted octanol–water partition coefficient (Wildman–Crippen LogP) is 1.72. The average molecular weight is 345 g/mol. The number of hydrogen-bond donors (Lipinski definition) is 2. The van der Waals surface area contributed by atoms with E-state index in [0.717, 1.165) is 13.1 Å². The Kier molecular flexibility index (Phi) is 6.53. The lowest BCUT2D eigenvalue weighted by molar-refractivity contribution is 0.102. The zero-order valence-corrected chi connectivity index (χ0v) is 14.9. The van der Waals surface area contributed by atoms with Gasteiger partial charge in [0.2, 0.25) is 0 Å². The van der Waals surface area contributed by atoms with Crippen LogP contribution in [0.2, 0.25) is 0 Å². The van der Waals surface area contributed by atoms with Gasteiger partial charge in [0.1, 0.15) is 17.3 Å². The molecule has 2 aromatic rings. The minimum atomic E-state index is -0.365. The molecule has 0 unspecified atom stereocenters. The molecule has 0 saturated heterocycles. The quantitative estimate of drug-likeness (QED) is 0.753. The van der Waals surface area contributed by atoms with Crippen LogP contribution in [0.5, 0.6) is 11.5 Å². The molecule has 8 nitrogen and oxygen atoms in total. The molecule has 1 amide bonds. The zero-order valence-electron chi connectivity index (χ0n) is 14.9. The third-order valence-corrected chi connectivity index (χ3v) is 3.42. The molecule has 0 bridgehead atoms. The summed E-state index contributed by atoms with van der Waals surface area (Å²) >= 11 is 0. The van der Waals surface area contributed by atoms with E-state index in [0.29, 0.717) is 23.0 Å². The monoisotopic (exact) mass is 345 g/mol. The number of nitrogens with zero attached hydrogens (tertiary/aromatic N) is 3. The molecule has 8 heteroatoms. The molecule has 0 atom stereocenters. The van der Waals surface area contributed by atoms with Crippen molar-refractivity contribution in [2.75, 3.05) is 52.0 Å². The smallest absolute Gasteiger partial charge is 0.276 e. The number of anilines is 2. The summed E-state index contributed by atoms with van der Waals surface area (Å²) in [7, 11) is 7.08. The lowest BCUT2D eigenvalue weighted by Gasteiger charge is -2.12. The van der Waals surface area contributed by atoms with Crippen LogP contribution in [0.4, 0.5) is 11.5 Å². The number of amides is 1. The molecule has 0 aliphatic heterocycles. The van der Waals surface area contributed by atoms with Crippen LogP contribution in [0.25, 0.3) is 0 Å². The Morgan fingerprint density at radius 1 is 1.12 bits per heavy atom. The molecular weight excluding hydrogens is 322 g/mol. The second kappa shape index (κ2) is 8.84. The number of carbonyl (C=O) groups excluding carboxylic acids is 1. The Bertz CT molecular complexity index is 704. The summed E-state index contributed by atoms with van der Waals surface area (Å²) in [6, 6.07) is 8.49. The van der Waals surface area contributed by atoms with Gasteiger partial charge < -0.3 is 25.0 Å². The average Bonchev–Trinajstić information content (AvgIpc) is 2.62. The number of likely N-dealkylation sites (N-methyl/N-ethyl adjacent to an activating group) is 1. The van der Waals surface area contributed by atoms with Gasteiger partial charge in [-0.3, -0.25) is 4.79 Å². The van der Waals surface area contributed by atoms with Crippen LogP contribution in [0.1, 0.15) is 10.5 Å². The number of hydrogen-bond acceptors (Lipinski definition) is 7. The van der Waals surface area contributed by atoms with Crippen molar-refractivity contribution in [3.63, 3.8) is 0 Å². The molecule has 0 fully saturated rings. The van der Waals surface area contributed by atoms with E-state index in [4.69, 9.17) is 9.47 Å². The van der Waals surface area contributed by atoms with E-state index in [1.165, 1.54) is 7.11 Å². The van der Waals surface area contributed by atoms with E-state index in [-0.39, 0.29) is 11.6 Å². The van der Waals surface area contributed by atoms with E-state index in [9.17, 15) is 4.79 Å². The number of rotatable bonds is 8. The minimum Gasteiger partial charge on any atom is -0.497 e. The number of methoxy groups -OCH3 is 2. The van der Waals surface area contributed by atoms with Crippen molar-refractivity contribution in [1.82, 2.24) is 15.1 Å². The summed E-state index contributed by atoms with van der Waals surface area (Å²) in [5, 5.41) is 13.9. The van der Waals surface area contributed by atoms with Crippen molar-refractivity contribution in [1.29, 1.82) is 0 Å². The van der Waals surface area contributed by atoms with Gasteiger partial charge in [-0.1, -0.05) is 0 Å². The number of benzene rings is 1. The van der Waals surface area contributed by atoms with E-state index in [1.54, 1.807) is 37.4 Å². The first kappa shape index (κ1) is 18.5. The third kappa shape index (κ3) is 5.32. The fourth-order valence-electron chi connectivity index (χ4n) is 2.04. The molecule has 1 aromatic carbocycles. The molecule has 0 aliphatic carbocycles. The van der Waals surface area contributed by atoms with E-state index >= 15 is 0 Å². The highest BCUT2D eigenvalue weighted by Gasteiger charge is 2.12. The first-order valence-electron chi connectivity index (χ1n) is 7.79. The van der Waals surface area contributed by atoms with Crippen LogP contribution >= 0.6 is 0 Å². The minimum absolute atomic E-state index is 0.219. The van der Waals surface area contributed by atoms with E-state index in [2.05, 4.69) is 25.7 Å². The normalized spacial score (nSPS) is 10.4. The fourth-order valence-corrected chi connectivity index (χ4v) is 2.04. The maximum Gasteiger partial charge on any atom is 0.276 e. The largest absolute Gasteiger partial charge is 0.497 e. The van der Waals surface area contributed by atoms with Crippen LogP contribution in [0.15, 0.2) is 30.3 Å². The van der Waals surface area contributed by atoms with E-state index in [1.807, 2.05) is 14.1 Å². The Hall–Kier alpha value is -2.87. The number of nitrogens with one attached hydrogen (secondary N) is 2. The third-order valence-electron chi connectivity index (χ3n) is 3.42. The maximum atomic E-state index is 12.3. The van der Waals surface area contributed by atoms with Gasteiger partial charge in [0, 0.05) is 19.2 Å². The van der Waals surface area contributed by atoms with Gasteiger partial charge in [-0.2, -0.15) is 0 Å². The van der Waals surface area contributed by atoms with Gasteiger partial charge >= 0.3 is 0 Å². The first-order valence-corrected chi connectivity index (χ1v) is 7.79. The summed E-state index contributed by atoms with van der Waals surface area (Å²) in [4.78, 5) is 14.4. The highest BCUT2D eigenvalue weighted by Crippen LogP contribution is 2.29. The molecule has 2 rings (SSSR count). The van der Waals surface area contributed by atoms with Gasteiger partial charge in [0.05, 0.1) is 19.9 Å². The summed E-state index contributed by atoms with van der Waals surface area (Å²) in [5.74, 6) is 1.40. The van der Waals surface area contributed by atoms with Crippen molar-refractivity contribution >= 4 is 17.4 Å². The van der Waals surface area contributed by atoms with Crippen LogP contribution in [0, 0.1) is 0 Å².